The molecule has 2 heterocycles. The zero-order chi connectivity index (χ0) is 13.9. The zero-order valence-corrected chi connectivity index (χ0v) is 12.3. The van der Waals surface area contributed by atoms with Crippen LogP contribution < -0.4 is 15.5 Å². The second kappa shape index (κ2) is 5.73. The van der Waals surface area contributed by atoms with Crippen LogP contribution in [0.1, 0.15) is 4.88 Å². The Morgan fingerprint density at radius 2 is 2.05 bits per heavy atom. The van der Waals surface area contributed by atoms with Crippen LogP contribution in [0.5, 0.6) is 0 Å². The molecule has 2 aromatic rings. The topological polar surface area (TPSA) is 44.4 Å². The van der Waals surface area contributed by atoms with Crippen molar-refractivity contribution in [3.63, 3.8) is 0 Å². The van der Waals surface area contributed by atoms with Gasteiger partial charge in [-0.05, 0) is 36.4 Å². The van der Waals surface area contributed by atoms with Crippen LogP contribution in [0.2, 0.25) is 4.34 Å². The summed E-state index contributed by atoms with van der Waals surface area (Å²) < 4.78 is 0.803. The van der Waals surface area contributed by atoms with Gasteiger partial charge in [0.05, 0.1) is 4.34 Å². The van der Waals surface area contributed by atoms with Gasteiger partial charge in [0.2, 0.25) is 0 Å². The molecular formula is C14H14ClN3OS. The van der Waals surface area contributed by atoms with Crippen LogP contribution in [-0.2, 0) is 6.54 Å². The molecule has 0 bridgehead atoms. The molecule has 1 aromatic carbocycles. The van der Waals surface area contributed by atoms with Gasteiger partial charge in [-0.1, -0.05) is 11.6 Å². The number of benzene rings is 1. The minimum absolute atomic E-state index is 0.0288. The van der Waals surface area contributed by atoms with E-state index in [9.17, 15) is 4.79 Å². The van der Waals surface area contributed by atoms with Crippen LogP contribution in [0.15, 0.2) is 36.4 Å². The molecule has 1 aliphatic rings. The molecule has 20 heavy (non-hydrogen) atoms. The number of carbonyl (C=O) groups is 1. The number of nitrogens with one attached hydrogen (secondary N) is 2. The molecule has 0 atom stereocenters. The summed E-state index contributed by atoms with van der Waals surface area (Å²) in [6.45, 7) is 2.18. The number of nitrogens with zero attached hydrogens (tertiary/aromatic N) is 1. The average molecular weight is 308 g/mol. The Bertz CT molecular complexity index is 611. The predicted molar refractivity (Wildman–Crippen MR) is 83.8 cm³/mol. The molecule has 0 aliphatic carbocycles. The summed E-state index contributed by atoms with van der Waals surface area (Å²) in [5.74, 6) is 0. The quantitative estimate of drug-likeness (QED) is 0.907. The fraction of sp³-hybridized carbons (Fsp3) is 0.214. The van der Waals surface area contributed by atoms with Crippen LogP contribution in [0.4, 0.5) is 16.2 Å². The van der Waals surface area contributed by atoms with Gasteiger partial charge in [0.1, 0.15) is 0 Å². The molecule has 104 valence electrons. The van der Waals surface area contributed by atoms with E-state index >= 15 is 0 Å². The third kappa shape index (κ3) is 2.89. The third-order valence-electron chi connectivity index (χ3n) is 3.13. The molecule has 0 spiro atoms. The van der Waals surface area contributed by atoms with E-state index in [0.29, 0.717) is 6.54 Å². The van der Waals surface area contributed by atoms with E-state index in [2.05, 4.69) is 10.6 Å². The van der Waals surface area contributed by atoms with Crippen molar-refractivity contribution in [3.05, 3.63) is 45.6 Å². The minimum Gasteiger partial charge on any atom is -0.380 e. The molecule has 2 N–H and O–H groups in total. The smallest absolute Gasteiger partial charge is 0.321 e. The summed E-state index contributed by atoms with van der Waals surface area (Å²) in [5, 5.41) is 6.13. The molecule has 1 saturated heterocycles. The van der Waals surface area contributed by atoms with Crippen molar-refractivity contribution in [2.45, 2.75) is 6.54 Å². The fourth-order valence-corrected chi connectivity index (χ4v) is 3.14. The predicted octanol–water partition coefficient (Wildman–Crippen LogP) is 3.54. The number of rotatable bonds is 4. The minimum atomic E-state index is -0.0288. The summed E-state index contributed by atoms with van der Waals surface area (Å²) in [7, 11) is 0. The van der Waals surface area contributed by atoms with Crippen LogP contribution in [-0.4, -0.2) is 19.1 Å². The highest BCUT2D eigenvalue weighted by atomic mass is 35.5. The monoisotopic (exact) mass is 307 g/mol. The van der Waals surface area contributed by atoms with Gasteiger partial charge in [-0.25, -0.2) is 4.79 Å². The standard InChI is InChI=1S/C14H14ClN3OS/c15-13-6-5-12(20-13)9-17-10-1-3-11(4-2-10)18-8-7-16-14(18)19/h1-6,17H,7-9H2,(H,16,19). The average Bonchev–Trinajstić information content (AvgIpc) is 3.06. The normalized spacial score (nSPS) is 14.4. The maximum Gasteiger partial charge on any atom is 0.321 e. The van der Waals surface area contributed by atoms with Crippen molar-refractivity contribution in [2.24, 2.45) is 0 Å². The Kier molecular flexibility index (Phi) is 3.80. The maximum absolute atomic E-state index is 11.6. The first kappa shape index (κ1) is 13.3. The Labute approximate surface area is 126 Å². The maximum atomic E-state index is 11.6. The summed E-state index contributed by atoms with van der Waals surface area (Å²) >= 11 is 7.47. The highest BCUT2D eigenvalue weighted by Gasteiger charge is 2.20. The van der Waals surface area contributed by atoms with Gasteiger partial charge in [0.15, 0.2) is 0 Å². The number of anilines is 2. The van der Waals surface area contributed by atoms with Crippen LogP contribution in [0, 0.1) is 0 Å². The van der Waals surface area contributed by atoms with Crippen molar-refractivity contribution in [1.29, 1.82) is 0 Å². The zero-order valence-electron chi connectivity index (χ0n) is 10.7. The van der Waals surface area contributed by atoms with Gasteiger partial charge in [-0.3, -0.25) is 4.90 Å². The van der Waals surface area contributed by atoms with Crippen molar-refractivity contribution in [2.75, 3.05) is 23.3 Å². The Morgan fingerprint density at radius 3 is 2.65 bits per heavy atom. The van der Waals surface area contributed by atoms with E-state index in [0.717, 1.165) is 28.8 Å². The Hall–Kier alpha value is -1.72. The first-order valence-corrected chi connectivity index (χ1v) is 7.55. The van der Waals surface area contributed by atoms with E-state index in [1.807, 2.05) is 36.4 Å². The van der Waals surface area contributed by atoms with Crippen molar-refractivity contribution in [3.8, 4) is 0 Å². The van der Waals surface area contributed by atoms with Crippen LogP contribution >= 0.6 is 22.9 Å². The highest BCUT2D eigenvalue weighted by molar-refractivity contribution is 7.16. The van der Waals surface area contributed by atoms with Gasteiger partial charge < -0.3 is 10.6 Å². The lowest BCUT2D eigenvalue weighted by atomic mass is 10.2. The second-order valence-electron chi connectivity index (χ2n) is 4.49. The largest absolute Gasteiger partial charge is 0.380 e. The number of carbonyl (C=O) groups excluding carboxylic acids is 1. The lowest BCUT2D eigenvalue weighted by Gasteiger charge is -2.14. The molecule has 1 fully saturated rings. The third-order valence-corrected chi connectivity index (χ3v) is 4.36. The van der Waals surface area contributed by atoms with E-state index in [1.54, 1.807) is 16.2 Å². The van der Waals surface area contributed by atoms with Gasteiger partial charge in [-0.2, -0.15) is 0 Å². The van der Waals surface area contributed by atoms with Gasteiger partial charge in [0.25, 0.3) is 0 Å². The van der Waals surface area contributed by atoms with Gasteiger partial charge in [-0.15, -0.1) is 11.3 Å². The molecule has 1 aromatic heterocycles. The summed E-state index contributed by atoms with van der Waals surface area (Å²) in [6.07, 6.45) is 0. The number of amides is 2. The number of hydrogen-bond acceptors (Lipinski definition) is 3. The number of hydrogen-bond donors (Lipinski definition) is 2. The molecule has 6 heteroatoms. The Balaban J connectivity index is 1.62. The van der Waals surface area contributed by atoms with E-state index < -0.39 is 0 Å². The van der Waals surface area contributed by atoms with Crippen LogP contribution in [0.3, 0.4) is 0 Å². The molecule has 2 amide bonds. The molecule has 1 aliphatic heterocycles. The van der Waals surface area contributed by atoms with E-state index in [1.165, 1.54) is 4.88 Å². The molecule has 0 saturated carbocycles. The summed E-state index contributed by atoms with van der Waals surface area (Å²) in [6, 6.07) is 11.8. The highest BCUT2D eigenvalue weighted by Crippen LogP contribution is 2.23. The molecule has 3 rings (SSSR count). The number of thiophene rings is 1. The van der Waals surface area contributed by atoms with Gasteiger partial charge >= 0.3 is 6.03 Å². The van der Waals surface area contributed by atoms with Crippen molar-refractivity contribution < 1.29 is 4.79 Å². The first-order chi connectivity index (χ1) is 9.72. The second-order valence-corrected chi connectivity index (χ2v) is 6.29. The van der Waals surface area contributed by atoms with Crippen molar-refractivity contribution >= 4 is 40.3 Å². The number of halogens is 1. The fourth-order valence-electron chi connectivity index (χ4n) is 2.11. The molecule has 0 radical (unpaired) electrons. The lowest BCUT2D eigenvalue weighted by molar-refractivity contribution is 0.252. The summed E-state index contributed by atoms with van der Waals surface area (Å²) in [4.78, 5) is 14.5. The molecular weight excluding hydrogens is 294 g/mol. The molecule has 4 nitrogen and oxygen atoms in total. The lowest BCUT2D eigenvalue weighted by Crippen LogP contribution is -2.27. The molecule has 0 unspecified atom stereocenters. The summed E-state index contributed by atoms with van der Waals surface area (Å²) in [5.41, 5.74) is 1.95. The van der Waals surface area contributed by atoms with Crippen LogP contribution in [0.25, 0.3) is 0 Å². The van der Waals surface area contributed by atoms with Crippen molar-refractivity contribution in [1.82, 2.24) is 5.32 Å². The van der Waals surface area contributed by atoms with Gasteiger partial charge in [0, 0.05) is 35.9 Å². The Morgan fingerprint density at radius 1 is 1.25 bits per heavy atom. The number of urea groups is 1. The van der Waals surface area contributed by atoms with E-state index in [4.69, 9.17) is 11.6 Å². The van der Waals surface area contributed by atoms with E-state index in [-0.39, 0.29) is 6.03 Å². The first-order valence-electron chi connectivity index (χ1n) is 6.36. The SMILES string of the molecule is O=C1NCCN1c1ccc(NCc2ccc(Cl)s2)cc1.